The van der Waals surface area contributed by atoms with Gasteiger partial charge in [0.2, 0.25) is 0 Å². The molecule has 0 spiro atoms. The second kappa shape index (κ2) is 7.33. The fraction of sp³-hybridized carbons (Fsp3) is 0.333. The number of nitrogens with zero attached hydrogens (tertiary/aromatic N) is 1. The van der Waals surface area contributed by atoms with Gasteiger partial charge in [-0.1, -0.05) is 17.3 Å². The van der Waals surface area contributed by atoms with Crippen molar-refractivity contribution >= 4 is 6.03 Å². The van der Waals surface area contributed by atoms with Crippen LogP contribution in [0.1, 0.15) is 17.0 Å². The highest BCUT2D eigenvalue weighted by atomic mass is 16.5. The molecule has 1 aromatic heterocycles. The van der Waals surface area contributed by atoms with Crippen LogP contribution in [0.15, 0.2) is 34.9 Å². The number of rotatable bonds is 6. The maximum atomic E-state index is 11.6. The Morgan fingerprint density at radius 3 is 2.67 bits per heavy atom. The van der Waals surface area contributed by atoms with E-state index in [0.29, 0.717) is 18.8 Å². The number of amides is 2. The molecule has 2 N–H and O–H groups in total. The third-order valence-electron chi connectivity index (χ3n) is 2.97. The molecule has 2 aromatic rings. The van der Waals surface area contributed by atoms with Gasteiger partial charge in [0.15, 0.2) is 0 Å². The summed E-state index contributed by atoms with van der Waals surface area (Å²) in [6.45, 7) is 2.73. The van der Waals surface area contributed by atoms with Crippen LogP contribution >= 0.6 is 0 Å². The predicted molar refractivity (Wildman–Crippen MR) is 78.2 cm³/mol. The van der Waals surface area contributed by atoms with Gasteiger partial charge in [-0.15, -0.1) is 0 Å². The number of urea groups is 1. The number of carbonyl (C=O) groups is 1. The van der Waals surface area contributed by atoms with E-state index < -0.39 is 0 Å². The number of benzene rings is 1. The van der Waals surface area contributed by atoms with Crippen LogP contribution in [0.2, 0.25) is 0 Å². The van der Waals surface area contributed by atoms with Crippen LogP contribution < -0.4 is 15.4 Å². The van der Waals surface area contributed by atoms with E-state index in [0.717, 1.165) is 23.5 Å². The fourth-order valence-corrected chi connectivity index (χ4v) is 1.85. The van der Waals surface area contributed by atoms with E-state index >= 15 is 0 Å². The Morgan fingerprint density at radius 2 is 2.05 bits per heavy atom. The summed E-state index contributed by atoms with van der Waals surface area (Å²) in [6.07, 6.45) is 0.764. The molecule has 0 unspecified atom stereocenters. The molecule has 0 saturated heterocycles. The molecule has 0 aliphatic rings. The van der Waals surface area contributed by atoms with Gasteiger partial charge in [0.1, 0.15) is 17.2 Å². The maximum absolute atomic E-state index is 11.6. The molecule has 0 saturated carbocycles. The number of hydrogen-bond acceptors (Lipinski definition) is 4. The van der Waals surface area contributed by atoms with Crippen molar-refractivity contribution in [3.8, 4) is 5.75 Å². The van der Waals surface area contributed by atoms with E-state index in [1.807, 2.05) is 31.2 Å². The first-order valence-electron chi connectivity index (χ1n) is 6.74. The minimum absolute atomic E-state index is 0.218. The highest BCUT2D eigenvalue weighted by Crippen LogP contribution is 2.11. The molecule has 0 atom stereocenters. The highest BCUT2D eigenvalue weighted by molar-refractivity contribution is 5.73. The molecule has 2 rings (SSSR count). The Morgan fingerprint density at radius 1 is 1.29 bits per heavy atom. The quantitative estimate of drug-likeness (QED) is 0.853. The second-order valence-electron chi connectivity index (χ2n) is 4.64. The molecule has 0 aliphatic carbocycles. The second-order valence-corrected chi connectivity index (χ2v) is 4.64. The number of ether oxygens (including phenoxy) is 1. The smallest absolute Gasteiger partial charge is 0.315 e. The Hall–Kier alpha value is -2.50. The zero-order valence-electron chi connectivity index (χ0n) is 12.2. The number of nitrogens with one attached hydrogen (secondary N) is 2. The molecule has 0 fully saturated rings. The normalized spacial score (nSPS) is 10.2. The van der Waals surface area contributed by atoms with Crippen molar-refractivity contribution in [2.75, 3.05) is 13.7 Å². The lowest BCUT2D eigenvalue weighted by Gasteiger charge is -2.07. The average molecular weight is 289 g/mol. The van der Waals surface area contributed by atoms with E-state index in [-0.39, 0.29) is 6.03 Å². The predicted octanol–water partition coefficient (Wildman–Crippen LogP) is 2.03. The maximum Gasteiger partial charge on any atom is 0.315 e. The SMILES string of the molecule is COc1ccc(CCNC(=O)NCc2cc(C)on2)cc1. The lowest BCUT2D eigenvalue weighted by molar-refractivity contribution is 0.240. The minimum atomic E-state index is -0.218. The molecule has 0 radical (unpaired) electrons. The van der Waals surface area contributed by atoms with Crippen molar-refractivity contribution in [3.05, 3.63) is 47.3 Å². The number of aryl methyl sites for hydroxylation is 1. The van der Waals surface area contributed by atoms with Crippen LogP contribution in [0.5, 0.6) is 5.75 Å². The molecule has 6 nitrogen and oxygen atoms in total. The van der Waals surface area contributed by atoms with Crippen LogP contribution in [0.4, 0.5) is 4.79 Å². The lowest BCUT2D eigenvalue weighted by Crippen LogP contribution is -2.36. The van der Waals surface area contributed by atoms with Crippen LogP contribution in [0, 0.1) is 6.92 Å². The number of aromatic nitrogens is 1. The fourth-order valence-electron chi connectivity index (χ4n) is 1.85. The molecule has 1 heterocycles. The first kappa shape index (κ1) is 14.9. The average Bonchev–Trinajstić information content (AvgIpc) is 2.91. The molecule has 0 aliphatic heterocycles. The van der Waals surface area contributed by atoms with Crippen molar-refractivity contribution in [1.82, 2.24) is 15.8 Å². The van der Waals surface area contributed by atoms with Gasteiger partial charge in [-0.25, -0.2) is 4.79 Å². The summed E-state index contributed by atoms with van der Waals surface area (Å²) in [4.78, 5) is 11.6. The Bertz CT molecular complexity index is 578. The Labute approximate surface area is 123 Å². The van der Waals surface area contributed by atoms with Crippen molar-refractivity contribution in [3.63, 3.8) is 0 Å². The lowest BCUT2D eigenvalue weighted by atomic mass is 10.1. The molecule has 0 bridgehead atoms. The van der Waals surface area contributed by atoms with Crippen molar-refractivity contribution in [2.24, 2.45) is 0 Å². The number of hydrogen-bond donors (Lipinski definition) is 2. The summed E-state index contributed by atoms with van der Waals surface area (Å²) >= 11 is 0. The summed E-state index contributed by atoms with van der Waals surface area (Å²) in [5, 5.41) is 9.32. The molecular weight excluding hydrogens is 270 g/mol. The first-order valence-corrected chi connectivity index (χ1v) is 6.74. The molecular formula is C15H19N3O3. The Kier molecular flexibility index (Phi) is 5.20. The summed E-state index contributed by atoms with van der Waals surface area (Å²) < 4.78 is 10.0. The van der Waals surface area contributed by atoms with Crippen LogP contribution in [-0.2, 0) is 13.0 Å². The third kappa shape index (κ3) is 4.83. The summed E-state index contributed by atoms with van der Waals surface area (Å²) in [5.74, 6) is 1.55. The Balaban J connectivity index is 1.66. The third-order valence-corrected chi connectivity index (χ3v) is 2.97. The number of carbonyl (C=O) groups excluding carboxylic acids is 1. The van der Waals surface area contributed by atoms with Gasteiger partial charge in [-0.3, -0.25) is 0 Å². The molecule has 2 amide bonds. The summed E-state index contributed by atoms with van der Waals surface area (Å²) in [7, 11) is 1.64. The monoisotopic (exact) mass is 289 g/mol. The van der Waals surface area contributed by atoms with Gasteiger partial charge in [-0.2, -0.15) is 0 Å². The zero-order chi connectivity index (χ0) is 15.1. The highest BCUT2D eigenvalue weighted by Gasteiger charge is 2.03. The van der Waals surface area contributed by atoms with Crippen LogP contribution in [0.3, 0.4) is 0 Å². The van der Waals surface area contributed by atoms with E-state index in [9.17, 15) is 4.79 Å². The van der Waals surface area contributed by atoms with Gasteiger partial charge < -0.3 is 19.9 Å². The van der Waals surface area contributed by atoms with E-state index in [2.05, 4.69) is 15.8 Å². The molecule has 6 heteroatoms. The van der Waals surface area contributed by atoms with Gasteiger partial charge in [0.05, 0.1) is 13.7 Å². The van der Waals surface area contributed by atoms with Crippen molar-refractivity contribution < 1.29 is 14.1 Å². The van der Waals surface area contributed by atoms with Gasteiger partial charge in [-0.05, 0) is 31.0 Å². The van der Waals surface area contributed by atoms with Crippen LogP contribution in [0.25, 0.3) is 0 Å². The topological polar surface area (TPSA) is 76.4 Å². The van der Waals surface area contributed by atoms with Crippen molar-refractivity contribution in [1.29, 1.82) is 0 Å². The van der Waals surface area contributed by atoms with Crippen LogP contribution in [-0.4, -0.2) is 24.8 Å². The minimum Gasteiger partial charge on any atom is -0.497 e. The number of methoxy groups -OCH3 is 1. The van der Waals surface area contributed by atoms with Gasteiger partial charge in [0.25, 0.3) is 0 Å². The largest absolute Gasteiger partial charge is 0.497 e. The summed E-state index contributed by atoms with van der Waals surface area (Å²) in [6, 6.07) is 9.35. The van der Waals surface area contributed by atoms with E-state index in [4.69, 9.17) is 9.26 Å². The zero-order valence-corrected chi connectivity index (χ0v) is 12.2. The van der Waals surface area contributed by atoms with Gasteiger partial charge in [0, 0.05) is 12.6 Å². The van der Waals surface area contributed by atoms with E-state index in [1.165, 1.54) is 0 Å². The molecule has 112 valence electrons. The van der Waals surface area contributed by atoms with Crippen molar-refractivity contribution in [2.45, 2.75) is 19.9 Å². The van der Waals surface area contributed by atoms with Gasteiger partial charge >= 0.3 is 6.03 Å². The van der Waals surface area contributed by atoms with E-state index in [1.54, 1.807) is 13.2 Å². The first-order chi connectivity index (χ1) is 10.2. The molecule has 1 aromatic carbocycles. The molecule has 21 heavy (non-hydrogen) atoms. The standard InChI is InChI=1S/C15H19N3O3/c1-11-9-13(18-21-11)10-17-15(19)16-8-7-12-3-5-14(20-2)6-4-12/h3-6,9H,7-8,10H2,1-2H3,(H2,16,17,19). The summed E-state index contributed by atoms with van der Waals surface area (Å²) in [5.41, 5.74) is 1.85.